The van der Waals surface area contributed by atoms with Crippen LogP contribution in [-0.4, -0.2) is 71.5 Å². The number of hydrogen-bond acceptors (Lipinski definition) is 9. The first kappa shape index (κ1) is 33.4. The van der Waals surface area contributed by atoms with Crippen LogP contribution in [0.2, 0.25) is 0 Å². The second-order valence-electron chi connectivity index (χ2n) is 10.3. The Labute approximate surface area is 226 Å². The summed E-state index contributed by atoms with van der Waals surface area (Å²) in [5.41, 5.74) is 10.6. The molecule has 3 atom stereocenters. The molecule has 3 heterocycles. The van der Waals surface area contributed by atoms with E-state index in [-0.39, 0.29) is 47.8 Å². The summed E-state index contributed by atoms with van der Waals surface area (Å²) in [6.07, 6.45) is 9.03. The van der Waals surface area contributed by atoms with Crippen LogP contribution < -0.4 is 11.5 Å². The summed E-state index contributed by atoms with van der Waals surface area (Å²) in [6, 6.07) is 0. The van der Waals surface area contributed by atoms with E-state index in [1.165, 1.54) is 22.6 Å². The van der Waals surface area contributed by atoms with E-state index in [9.17, 15) is 28.8 Å². The van der Waals surface area contributed by atoms with Gasteiger partial charge in [-0.1, -0.05) is 46.5 Å². The lowest BCUT2D eigenvalue weighted by atomic mass is 10.1. The Hall–Kier alpha value is -2.66. The number of likely N-dealkylation sites (tertiary alicyclic amines) is 2. The molecule has 3 unspecified atom stereocenters. The van der Waals surface area contributed by atoms with Gasteiger partial charge in [-0.15, -0.1) is 0 Å². The van der Waals surface area contributed by atoms with Crippen molar-refractivity contribution in [1.82, 2.24) is 9.80 Å². The number of nitrogens with zero attached hydrogens (tertiary/aromatic N) is 2. The first-order chi connectivity index (χ1) is 18.0. The van der Waals surface area contributed by atoms with Crippen LogP contribution in [0, 0.1) is 17.8 Å². The van der Waals surface area contributed by atoms with Gasteiger partial charge in [0.1, 0.15) is 0 Å². The van der Waals surface area contributed by atoms with Crippen molar-refractivity contribution in [2.75, 3.05) is 26.2 Å². The highest BCUT2D eigenvalue weighted by atomic mass is 16.6. The fraction of sp³-hybridized carbons (Fsp3) is 0.778. The number of rotatable bonds is 12. The SMILES string of the molecule is CC1CC(=O)N(CCCCCCN2C(=O)CC(C)C2=O)C1=O.CC1CC(=O)OC1=O.NCCCCCCN. The summed E-state index contributed by atoms with van der Waals surface area (Å²) in [7, 11) is 0. The van der Waals surface area contributed by atoms with Crippen molar-refractivity contribution in [1.29, 1.82) is 0 Å². The minimum absolute atomic E-state index is 0.0627. The Morgan fingerprint density at radius 2 is 1.00 bits per heavy atom. The first-order valence-electron chi connectivity index (χ1n) is 13.9. The summed E-state index contributed by atoms with van der Waals surface area (Å²) < 4.78 is 4.20. The highest BCUT2D eigenvalue weighted by molar-refractivity contribution is 6.03. The Morgan fingerprint density at radius 3 is 1.24 bits per heavy atom. The number of carbonyl (C=O) groups excluding carboxylic acids is 6. The van der Waals surface area contributed by atoms with Gasteiger partial charge in [0.05, 0.1) is 12.3 Å². The molecule has 3 aliphatic heterocycles. The van der Waals surface area contributed by atoms with Crippen LogP contribution in [0.3, 0.4) is 0 Å². The van der Waals surface area contributed by atoms with E-state index in [0.29, 0.717) is 25.9 Å². The molecular weight excluding hydrogens is 492 g/mol. The molecule has 4 amide bonds. The van der Waals surface area contributed by atoms with E-state index >= 15 is 0 Å². The molecule has 38 heavy (non-hydrogen) atoms. The molecule has 11 nitrogen and oxygen atoms in total. The zero-order valence-electron chi connectivity index (χ0n) is 23.2. The van der Waals surface area contributed by atoms with Gasteiger partial charge in [-0.2, -0.15) is 0 Å². The molecular formula is C27H46N4O7. The minimum atomic E-state index is -0.400. The molecule has 3 saturated heterocycles. The van der Waals surface area contributed by atoms with Gasteiger partial charge in [-0.25, -0.2) is 0 Å². The van der Waals surface area contributed by atoms with Crippen LogP contribution in [0.25, 0.3) is 0 Å². The monoisotopic (exact) mass is 538 g/mol. The fourth-order valence-corrected chi connectivity index (χ4v) is 4.29. The number of ether oxygens (including phenoxy) is 1. The van der Waals surface area contributed by atoms with Crippen molar-refractivity contribution < 1.29 is 33.5 Å². The molecule has 4 N–H and O–H groups in total. The fourth-order valence-electron chi connectivity index (χ4n) is 4.29. The largest absolute Gasteiger partial charge is 0.393 e. The molecule has 0 aromatic rings. The maximum atomic E-state index is 11.7. The Morgan fingerprint density at radius 1 is 0.605 bits per heavy atom. The van der Waals surface area contributed by atoms with E-state index in [1.54, 1.807) is 20.8 Å². The van der Waals surface area contributed by atoms with Crippen molar-refractivity contribution in [2.45, 2.75) is 91.4 Å². The highest BCUT2D eigenvalue weighted by Gasteiger charge is 2.36. The molecule has 0 bridgehead atoms. The van der Waals surface area contributed by atoms with Crippen molar-refractivity contribution in [3.63, 3.8) is 0 Å². The molecule has 3 rings (SSSR count). The lowest BCUT2D eigenvalue weighted by Crippen LogP contribution is -2.31. The van der Waals surface area contributed by atoms with E-state index in [1.807, 2.05) is 0 Å². The minimum Gasteiger partial charge on any atom is -0.393 e. The average molecular weight is 539 g/mol. The van der Waals surface area contributed by atoms with Crippen LogP contribution in [0.15, 0.2) is 0 Å². The van der Waals surface area contributed by atoms with Gasteiger partial charge < -0.3 is 16.2 Å². The van der Waals surface area contributed by atoms with Crippen molar-refractivity contribution >= 4 is 35.6 Å². The molecule has 0 aromatic heterocycles. The third-order valence-electron chi connectivity index (χ3n) is 6.70. The summed E-state index contributed by atoms with van der Waals surface area (Å²) >= 11 is 0. The predicted octanol–water partition coefficient (Wildman–Crippen LogP) is 1.90. The van der Waals surface area contributed by atoms with Crippen LogP contribution in [0.4, 0.5) is 0 Å². The summed E-state index contributed by atoms with van der Waals surface area (Å²) in [4.78, 5) is 70.0. The van der Waals surface area contributed by atoms with Gasteiger partial charge in [0.2, 0.25) is 23.6 Å². The number of unbranched alkanes of at least 4 members (excludes halogenated alkanes) is 6. The summed E-state index contributed by atoms with van der Waals surface area (Å²) in [6.45, 7) is 7.86. The number of esters is 2. The highest BCUT2D eigenvalue weighted by Crippen LogP contribution is 2.21. The quantitative estimate of drug-likeness (QED) is 0.163. The number of amides is 4. The van der Waals surface area contributed by atoms with Gasteiger partial charge in [-0.3, -0.25) is 38.6 Å². The summed E-state index contributed by atoms with van der Waals surface area (Å²) in [5.74, 6) is -1.64. The molecule has 3 aliphatic rings. The topological polar surface area (TPSA) is 170 Å². The summed E-state index contributed by atoms with van der Waals surface area (Å²) in [5, 5.41) is 0. The van der Waals surface area contributed by atoms with Crippen LogP contribution >= 0.6 is 0 Å². The number of imide groups is 2. The van der Waals surface area contributed by atoms with Crippen LogP contribution in [0.1, 0.15) is 91.4 Å². The van der Waals surface area contributed by atoms with Gasteiger partial charge in [0, 0.05) is 37.8 Å². The van der Waals surface area contributed by atoms with E-state index in [2.05, 4.69) is 4.74 Å². The molecule has 0 aliphatic carbocycles. The van der Waals surface area contributed by atoms with E-state index < -0.39 is 11.9 Å². The van der Waals surface area contributed by atoms with E-state index in [4.69, 9.17) is 11.5 Å². The average Bonchev–Trinajstić information content (AvgIpc) is 3.40. The lowest BCUT2D eigenvalue weighted by molar-refractivity contribution is -0.153. The second kappa shape index (κ2) is 17.8. The molecule has 0 spiro atoms. The smallest absolute Gasteiger partial charge is 0.316 e. The number of hydrogen-bond donors (Lipinski definition) is 2. The molecule has 3 fully saturated rings. The van der Waals surface area contributed by atoms with E-state index in [0.717, 1.165) is 51.6 Å². The zero-order valence-corrected chi connectivity index (χ0v) is 23.2. The molecule has 216 valence electrons. The van der Waals surface area contributed by atoms with Crippen LogP contribution in [0.5, 0.6) is 0 Å². The van der Waals surface area contributed by atoms with Gasteiger partial charge in [0.15, 0.2) is 0 Å². The van der Waals surface area contributed by atoms with Gasteiger partial charge in [0.25, 0.3) is 0 Å². The Bertz CT molecular complexity index is 782. The zero-order chi connectivity index (χ0) is 28.7. The maximum Gasteiger partial charge on any atom is 0.316 e. The Balaban J connectivity index is 0.000000368. The number of cyclic esters (lactones) is 2. The molecule has 0 saturated carbocycles. The van der Waals surface area contributed by atoms with Crippen molar-refractivity contribution in [3.05, 3.63) is 0 Å². The standard InChI is InChI=1S/C16H24N2O4.C6H16N2.C5H6O3/c1-11-9-13(19)17(15(11)21)7-5-3-4-6-8-18-14(20)10-12(2)16(18)22;7-5-3-1-2-4-6-8;1-3-2-4(6)8-5(3)7/h11-12H,3-10H2,1-2H3;1-8H2;3H,2H2,1H3. The molecule has 11 heteroatoms. The van der Waals surface area contributed by atoms with Crippen LogP contribution in [-0.2, 0) is 33.5 Å². The third-order valence-corrected chi connectivity index (χ3v) is 6.70. The maximum absolute atomic E-state index is 11.7. The lowest BCUT2D eigenvalue weighted by Gasteiger charge is -2.15. The third kappa shape index (κ3) is 11.4. The molecule has 0 aromatic carbocycles. The molecule has 0 radical (unpaired) electrons. The van der Waals surface area contributed by atoms with Gasteiger partial charge >= 0.3 is 11.9 Å². The first-order valence-corrected chi connectivity index (χ1v) is 13.9. The number of carbonyl (C=O) groups is 6. The second-order valence-corrected chi connectivity index (χ2v) is 10.3. The number of nitrogens with two attached hydrogens (primary N) is 2. The Kier molecular flexibility index (Phi) is 15.6. The van der Waals surface area contributed by atoms with Crippen molar-refractivity contribution in [2.24, 2.45) is 29.2 Å². The van der Waals surface area contributed by atoms with Gasteiger partial charge in [-0.05, 0) is 38.8 Å². The predicted molar refractivity (Wildman–Crippen MR) is 141 cm³/mol. The van der Waals surface area contributed by atoms with Crippen molar-refractivity contribution in [3.8, 4) is 0 Å². The normalized spacial score (nSPS) is 22.9.